The van der Waals surface area contributed by atoms with Gasteiger partial charge in [-0.1, -0.05) is 13.8 Å². The summed E-state index contributed by atoms with van der Waals surface area (Å²) in [6.07, 6.45) is -3.80. The topological polar surface area (TPSA) is 53.1 Å². The second-order valence-electron chi connectivity index (χ2n) is 9.15. The van der Waals surface area contributed by atoms with E-state index in [1.165, 1.54) is 23.6 Å². The molecule has 0 radical (unpaired) electrons. The van der Waals surface area contributed by atoms with E-state index in [0.29, 0.717) is 19.4 Å². The number of ether oxygens (including phenoxy) is 1. The van der Waals surface area contributed by atoms with E-state index < -0.39 is 35.9 Å². The predicted octanol–water partition coefficient (Wildman–Crippen LogP) is 3.12. The molecule has 0 spiro atoms. The fourth-order valence-electron chi connectivity index (χ4n) is 3.52. The molecule has 162 valence electrons. The summed E-state index contributed by atoms with van der Waals surface area (Å²) < 4.78 is 46.1. The molecule has 0 N–H and O–H groups in total. The maximum atomic E-state index is 14.5. The van der Waals surface area contributed by atoms with Crippen LogP contribution in [0.5, 0.6) is 0 Å². The predicted molar refractivity (Wildman–Crippen MR) is 98.8 cm³/mol. The number of hydrogen-bond donors (Lipinski definition) is 0. The van der Waals surface area contributed by atoms with Crippen molar-refractivity contribution in [3.63, 3.8) is 0 Å². The summed E-state index contributed by atoms with van der Waals surface area (Å²) in [5.74, 6) is -0.188. The molecule has 2 fully saturated rings. The maximum Gasteiger partial charge on any atom is 0.410 e. The molecular formula is C19H32F3N3O3. The van der Waals surface area contributed by atoms with Gasteiger partial charge < -0.3 is 9.64 Å². The van der Waals surface area contributed by atoms with Crippen LogP contribution in [0.15, 0.2) is 0 Å². The monoisotopic (exact) mass is 407 g/mol. The van der Waals surface area contributed by atoms with Gasteiger partial charge in [0.2, 0.25) is 12.3 Å². The number of amides is 2. The standard InChI is InChI=1S/C19H32F3N3O3/c1-18(2,3)28-17(27)25-8-6-7-13(25)14(26)23-9-11-24(12-10-23)16(22)19(4,5)15(20)21/h13,15-16H,6-12H2,1-5H3. The fraction of sp³-hybridized carbons (Fsp3) is 0.895. The lowest BCUT2D eigenvalue weighted by atomic mass is 9.91. The minimum Gasteiger partial charge on any atom is -0.444 e. The largest absolute Gasteiger partial charge is 0.444 e. The molecular weight excluding hydrogens is 375 g/mol. The molecule has 2 amide bonds. The van der Waals surface area contributed by atoms with E-state index >= 15 is 0 Å². The third-order valence-electron chi connectivity index (χ3n) is 5.29. The van der Waals surface area contributed by atoms with Crippen molar-refractivity contribution in [1.29, 1.82) is 0 Å². The number of carbonyl (C=O) groups excluding carboxylic acids is 2. The Morgan fingerprint density at radius 1 is 0.964 bits per heavy atom. The van der Waals surface area contributed by atoms with Crippen LogP contribution in [-0.4, -0.2) is 83.8 Å². The Morgan fingerprint density at radius 3 is 2.04 bits per heavy atom. The van der Waals surface area contributed by atoms with Crippen molar-refractivity contribution in [3.8, 4) is 0 Å². The minimum atomic E-state index is -2.77. The summed E-state index contributed by atoms with van der Waals surface area (Å²) >= 11 is 0. The van der Waals surface area contributed by atoms with Crippen LogP contribution in [0.4, 0.5) is 18.0 Å². The molecule has 2 rings (SSSR count). The molecule has 2 aliphatic heterocycles. The fourth-order valence-corrected chi connectivity index (χ4v) is 3.52. The Hall–Kier alpha value is -1.51. The third-order valence-corrected chi connectivity index (χ3v) is 5.29. The summed E-state index contributed by atoms with van der Waals surface area (Å²) in [7, 11) is 0. The van der Waals surface area contributed by atoms with E-state index in [9.17, 15) is 22.8 Å². The van der Waals surface area contributed by atoms with E-state index in [-0.39, 0.29) is 32.1 Å². The third kappa shape index (κ3) is 5.10. The van der Waals surface area contributed by atoms with Crippen LogP contribution in [0.2, 0.25) is 0 Å². The van der Waals surface area contributed by atoms with Crippen molar-refractivity contribution >= 4 is 12.0 Å². The number of alkyl halides is 3. The molecule has 0 saturated carbocycles. The first-order valence-electron chi connectivity index (χ1n) is 9.79. The highest BCUT2D eigenvalue weighted by atomic mass is 19.3. The molecule has 0 aromatic carbocycles. The van der Waals surface area contributed by atoms with Crippen molar-refractivity contribution in [3.05, 3.63) is 0 Å². The van der Waals surface area contributed by atoms with Crippen LogP contribution in [0.3, 0.4) is 0 Å². The van der Waals surface area contributed by atoms with Gasteiger partial charge in [-0.2, -0.15) is 0 Å². The van der Waals surface area contributed by atoms with Crippen molar-refractivity contribution in [2.45, 2.75) is 71.8 Å². The normalized spacial score (nSPS) is 23.2. The molecule has 0 aliphatic carbocycles. The molecule has 0 aromatic heterocycles. The molecule has 2 aliphatic rings. The summed E-state index contributed by atoms with van der Waals surface area (Å²) in [5, 5.41) is 0. The quantitative estimate of drug-likeness (QED) is 0.672. The van der Waals surface area contributed by atoms with Gasteiger partial charge in [-0.15, -0.1) is 0 Å². The number of carbonyl (C=O) groups is 2. The van der Waals surface area contributed by atoms with Crippen LogP contribution in [0.25, 0.3) is 0 Å². The number of piperazine rings is 1. The SMILES string of the molecule is CC(C)(C)OC(=O)N1CCCC1C(=O)N1CCN(C(F)C(C)(C)C(F)F)CC1. The highest BCUT2D eigenvalue weighted by Gasteiger charge is 2.44. The van der Waals surface area contributed by atoms with Crippen LogP contribution in [0.1, 0.15) is 47.5 Å². The summed E-state index contributed by atoms with van der Waals surface area (Å²) in [5.41, 5.74) is -2.42. The van der Waals surface area contributed by atoms with Crippen LogP contribution >= 0.6 is 0 Å². The summed E-state index contributed by atoms with van der Waals surface area (Å²) in [6.45, 7) is 9.04. The van der Waals surface area contributed by atoms with E-state index in [4.69, 9.17) is 4.74 Å². The maximum absolute atomic E-state index is 14.5. The zero-order chi connectivity index (χ0) is 21.3. The molecule has 28 heavy (non-hydrogen) atoms. The average Bonchev–Trinajstić information content (AvgIpc) is 3.09. The molecule has 0 bridgehead atoms. The first kappa shape index (κ1) is 22.8. The number of halogens is 3. The molecule has 0 aromatic rings. The van der Waals surface area contributed by atoms with Gasteiger partial charge in [0.05, 0.1) is 5.41 Å². The molecule has 9 heteroatoms. The lowest BCUT2D eigenvalue weighted by Crippen LogP contribution is -2.58. The van der Waals surface area contributed by atoms with Crippen molar-refractivity contribution < 1.29 is 27.5 Å². The van der Waals surface area contributed by atoms with Gasteiger partial charge in [0.15, 0.2) is 6.30 Å². The van der Waals surface area contributed by atoms with Crippen molar-refractivity contribution in [2.24, 2.45) is 5.41 Å². The smallest absolute Gasteiger partial charge is 0.410 e. The average molecular weight is 407 g/mol. The zero-order valence-electron chi connectivity index (χ0n) is 17.4. The molecule has 2 heterocycles. The van der Waals surface area contributed by atoms with Gasteiger partial charge in [0, 0.05) is 32.7 Å². The first-order chi connectivity index (χ1) is 12.8. The van der Waals surface area contributed by atoms with Crippen LogP contribution in [0, 0.1) is 5.41 Å². The van der Waals surface area contributed by atoms with Gasteiger partial charge in [0.1, 0.15) is 11.6 Å². The highest BCUT2D eigenvalue weighted by molar-refractivity contribution is 5.86. The van der Waals surface area contributed by atoms with Gasteiger partial charge in [0.25, 0.3) is 0 Å². The van der Waals surface area contributed by atoms with Crippen LogP contribution in [-0.2, 0) is 9.53 Å². The second-order valence-corrected chi connectivity index (χ2v) is 9.15. The first-order valence-corrected chi connectivity index (χ1v) is 9.79. The molecule has 2 atom stereocenters. The lowest BCUT2D eigenvalue weighted by Gasteiger charge is -2.42. The summed E-state index contributed by atoms with van der Waals surface area (Å²) in [4.78, 5) is 29.7. The lowest BCUT2D eigenvalue weighted by molar-refractivity contribution is -0.142. The number of hydrogen-bond acceptors (Lipinski definition) is 4. The van der Waals surface area contributed by atoms with E-state index in [0.717, 1.165) is 0 Å². The Morgan fingerprint density at radius 2 is 1.54 bits per heavy atom. The number of likely N-dealkylation sites (tertiary alicyclic amines) is 1. The zero-order valence-corrected chi connectivity index (χ0v) is 17.4. The molecule has 2 unspecified atom stereocenters. The highest BCUT2D eigenvalue weighted by Crippen LogP contribution is 2.34. The van der Waals surface area contributed by atoms with Crippen LogP contribution < -0.4 is 0 Å². The second kappa shape index (κ2) is 8.47. The van der Waals surface area contributed by atoms with Gasteiger partial charge in [-0.3, -0.25) is 14.6 Å². The van der Waals surface area contributed by atoms with Gasteiger partial charge in [-0.05, 0) is 33.6 Å². The van der Waals surface area contributed by atoms with Crippen molar-refractivity contribution in [1.82, 2.24) is 14.7 Å². The van der Waals surface area contributed by atoms with E-state index in [1.807, 2.05) is 0 Å². The van der Waals surface area contributed by atoms with Gasteiger partial charge >= 0.3 is 6.09 Å². The number of rotatable bonds is 4. The summed E-state index contributed by atoms with van der Waals surface area (Å²) in [6, 6.07) is -0.583. The van der Waals surface area contributed by atoms with E-state index in [1.54, 1.807) is 25.7 Å². The van der Waals surface area contributed by atoms with E-state index in [2.05, 4.69) is 0 Å². The Balaban J connectivity index is 1.95. The molecule has 2 saturated heterocycles. The molecule has 6 nitrogen and oxygen atoms in total. The van der Waals surface area contributed by atoms with Crippen molar-refractivity contribution in [2.75, 3.05) is 32.7 Å². The minimum absolute atomic E-state index is 0.183. The number of nitrogens with zero attached hydrogens (tertiary/aromatic N) is 3. The Bertz CT molecular complexity index is 573. The Labute approximate surface area is 165 Å². The Kier molecular flexibility index (Phi) is 6.89. The van der Waals surface area contributed by atoms with Gasteiger partial charge in [-0.25, -0.2) is 18.0 Å².